The molecule has 3 heterocycles. The van der Waals surface area contributed by atoms with Crippen LogP contribution in [0.3, 0.4) is 0 Å². The Labute approximate surface area is 147 Å². The Kier molecular flexibility index (Phi) is 3.98. The maximum atomic E-state index is 12.6. The second-order valence-corrected chi connectivity index (χ2v) is 7.23. The van der Waals surface area contributed by atoms with Crippen molar-refractivity contribution in [2.24, 2.45) is 0 Å². The first kappa shape index (κ1) is 16.1. The molecule has 3 aliphatic heterocycles. The maximum absolute atomic E-state index is 12.6. The Morgan fingerprint density at radius 2 is 1.68 bits per heavy atom. The first-order valence-electron chi connectivity index (χ1n) is 9.06. The lowest BCUT2D eigenvalue weighted by molar-refractivity contribution is -0.130. The van der Waals surface area contributed by atoms with Crippen molar-refractivity contribution in [3.8, 4) is 0 Å². The molecule has 3 aliphatic rings. The third kappa shape index (κ3) is 2.69. The molecule has 1 aromatic carbocycles. The van der Waals surface area contributed by atoms with Crippen molar-refractivity contribution in [3.05, 3.63) is 35.4 Å². The van der Waals surface area contributed by atoms with Crippen LogP contribution in [0.4, 0.5) is 4.79 Å². The zero-order chi connectivity index (χ0) is 17.6. The van der Waals surface area contributed by atoms with Gasteiger partial charge in [0.2, 0.25) is 0 Å². The Morgan fingerprint density at radius 3 is 2.32 bits per heavy atom. The highest BCUT2D eigenvalue weighted by Gasteiger charge is 2.50. The van der Waals surface area contributed by atoms with Crippen LogP contribution in [0.1, 0.15) is 41.6 Å². The second-order valence-electron chi connectivity index (χ2n) is 7.23. The van der Waals surface area contributed by atoms with Crippen molar-refractivity contribution in [2.45, 2.75) is 44.7 Å². The molecule has 132 valence electrons. The molecule has 3 saturated heterocycles. The van der Waals surface area contributed by atoms with Gasteiger partial charge in [-0.15, -0.1) is 0 Å². The number of nitrogens with zero attached hydrogens (tertiary/aromatic N) is 3. The number of aryl methyl sites for hydroxylation is 1. The molecule has 0 N–H and O–H groups in total. The number of fused-ring (bicyclic) bond motifs is 1. The SMILES string of the molecule is Cc1ccc(C(=O)N2CCC(N3C(=O)[C@@H]4CCCN4C3=O)CC2)cc1. The number of hydrogen-bond donors (Lipinski definition) is 0. The number of hydrogen-bond acceptors (Lipinski definition) is 3. The normalized spacial score (nSPS) is 24.2. The minimum atomic E-state index is -0.236. The van der Waals surface area contributed by atoms with E-state index in [0.29, 0.717) is 38.0 Å². The van der Waals surface area contributed by atoms with Crippen LogP contribution in [-0.4, -0.2) is 64.3 Å². The Bertz CT molecular complexity index is 685. The second kappa shape index (κ2) is 6.17. The van der Waals surface area contributed by atoms with Gasteiger partial charge >= 0.3 is 6.03 Å². The summed E-state index contributed by atoms with van der Waals surface area (Å²) < 4.78 is 0. The Balaban J connectivity index is 1.40. The van der Waals surface area contributed by atoms with Crippen LogP contribution in [0, 0.1) is 6.92 Å². The minimum Gasteiger partial charge on any atom is -0.338 e. The molecular formula is C19H23N3O3. The summed E-state index contributed by atoms with van der Waals surface area (Å²) in [5, 5.41) is 0. The van der Waals surface area contributed by atoms with Crippen molar-refractivity contribution in [3.63, 3.8) is 0 Å². The lowest BCUT2D eigenvalue weighted by Gasteiger charge is -2.35. The number of benzene rings is 1. The Morgan fingerprint density at radius 1 is 1.00 bits per heavy atom. The fraction of sp³-hybridized carbons (Fsp3) is 0.526. The van der Waals surface area contributed by atoms with E-state index < -0.39 is 0 Å². The molecule has 0 aliphatic carbocycles. The molecule has 0 unspecified atom stereocenters. The molecule has 0 saturated carbocycles. The van der Waals surface area contributed by atoms with E-state index in [1.165, 1.54) is 4.90 Å². The topological polar surface area (TPSA) is 60.9 Å². The van der Waals surface area contributed by atoms with Crippen molar-refractivity contribution in [1.82, 2.24) is 14.7 Å². The number of amides is 4. The lowest BCUT2D eigenvalue weighted by Crippen LogP contribution is -2.49. The van der Waals surface area contributed by atoms with E-state index in [4.69, 9.17) is 0 Å². The fourth-order valence-corrected chi connectivity index (χ4v) is 4.19. The summed E-state index contributed by atoms with van der Waals surface area (Å²) in [4.78, 5) is 42.7. The van der Waals surface area contributed by atoms with Crippen LogP contribution >= 0.6 is 0 Å². The van der Waals surface area contributed by atoms with Gasteiger partial charge in [0.15, 0.2) is 0 Å². The fourth-order valence-electron chi connectivity index (χ4n) is 4.19. The number of urea groups is 1. The van der Waals surface area contributed by atoms with Crippen LogP contribution in [0.5, 0.6) is 0 Å². The van der Waals surface area contributed by atoms with E-state index in [1.54, 1.807) is 4.90 Å². The first-order chi connectivity index (χ1) is 12.1. The molecule has 1 aromatic rings. The van der Waals surface area contributed by atoms with Gasteiger partial charge < -0.3 is 9.80 Å². The molecule has 1 atom stereocenters. The molecule has 25 heavy (non-hydrogen) atoms. The number of piperidine rings is 1. The van der Waals surface area contributed by atoms with Crippen molar-refractivity contribution >= 4 is 17.8 Å². The standard InChI is InChI=1S/C19H23N3O3/c1-13-4-6-14(7-5-13)17(23)20-11-8-15(9-12-20)22-18(24)16-3-2-10-21(16)19(22)25/h4-7,15-16H,2-3,8-12H2,1H3/t16-/m0/s1. The molecule has 4 rings (SSSR count). The monoisotopic (exact) mass is 341 g/mol. The number of likely N-dealkylation sites (tertiary alicyclic amines) is 1. The summed E-state index contributed by atoms with van der Waals surface area (Å²) in [6.45, 7) is 3.85. The van der Waals surface area contributed by atoms with E-state index >= 15 is 0 Å². The van der Waals surface area contributed by atoms with Crippen molar-refractivity contribution < 1.29 is 14.4 Å². The highest BCUT2D eigenvalue weighted by molar-refractivity contribution is 6.05. The van der Waals surface area contributed by atoms with Gasteiger partial charge in [0.1, 0.15) is 6.04 Å². The smallest absolute Gasteiger partial charge is 0.327 e. The van der Waals surface area contributed by atoms with E-state index in [9.17, 15) is 14.4 Å². The number of carbonyl (C=O) groups is 3. The molecule has 4 amide bonds. The maximum Gasteiger partial charge on any atom is 0.327 e. The van der Waals surface area contributed by atoms with Crippen LogP contribution in [0.25, 0.3) is 0 Å². The lowest BCUT2D eigenvalue weighted by atomic mass is 10.0. The van der Waals surface area contributed by atoms with Crippen LogP contribution in [0.15, 0.2) is 24.3 Å². The van der Waals surface area contributed by atoms with Crippen molar-refractivity contribution in [2.75, 3.05) is 19.6 Å². The third-order valence-electron chi connectivity index (χ3n) is 5.64. The quantitative estimate of drug-likeness (QED) is 0.773. The highest BCUT2D eigenvalue weighted by atomic mass is 16.2. The summed E-state index contributed by atoms with van der Waals surface area (Å²) in [5.74, 6) is -0.0102. The van der Waals surface area contributed by atoms with Crippen LogP contribution in [0.2, 0.25) is 0 Å². The predicted octanol–water partition coefficient (Wildman–Crippen LogP) is 2.03. The number of rotatable bonds is 2. The first-order valence-corrected chi connectivity index (χ1v) is 9.06. The van der Waals surface area contributed by atoms with Gasteiger partial charge in [0.05, 0.1) is 0 Å². The Hall–Kier alpha value is -2.37. The number of imide groups is 1. The van der Waals surface area contributed by atoms with Crippen LogP contribution < -0.4 is 0 Å². The summed E-state index contributed by atoms with van der Waals surface area (Å²) >= 11 is 0. The van der Waals surface area contributed by atoms with E-state index in [-0.39, 0.29) is 29.9 Å². The molecule has 0 spiro atoms. The summed E-state index contributed by atoms with van der Waals surface area (Å²) in [5.41, 5.74) is 1.82. The van der Waals surface area contributed by atoms with E-state index in [0.717, 1.165) is 18.4 Å². The zero-order valence-electron chi connectivity index (χ0n) is 14.5. The summed E-state index contributed by atoms with van der Waals surface area (Å²) in [6.07, 6.45) is 3.02. The predicted molar refractivity (Wildman–Crippen MR) is 92.1 cm³/mol. The van der Waals surface area contributed by atoms with Gasteiger partial charge in [-0.05, 0) is 44.7 Å². The molecule has 6 heteroatoms. The minimum absolute atomic E-state index is 0.0261. The number of carbonyl (C=O) groups excluding carboxylic acids is 3. The van der Waals surface area contributed by atoms with Gasteiger partial charge in [-0.25, -0.2) is 4.79 Å². The van der Waals surface area contributed by atoms with Gasteiger partial charge in [-0.2, -0.15) is 0 Å². The van der Waals surface area contributed by atoms with Gasteiger partial charge in [0.25, 0.3) is 11.8 Å². The molecule has 0 radical (unpaired) electrons. The highest BCUT2D eigenvalue weighted by Crippen LogP contribution is 2.31. The van der Waals surface area contributed by atoms with Crippen molar-refractivity contribution in [1.29, 1.82) is 0 Å². The molecule has 0 bridgehead atoms. The summed E-state index contributed by atoms with van der Waals surface area (Å²) in [6, 6.07) is 7.14. The largest absolute Gasteiger partial charge is 0.338 e. The van der Waals surface area contributed by atoms with E-state index in [2.05, 4.69) is 0 Å². The molecular weight excluding hydrogens is 318 g/mol. The molecule has 3 fully saturated rings. The van der Waals surface area contributed by atoms with Gasteiger partial charge in [-0.1, -0.05) is 17.7 Å². The molecule has 0 aromatic heterocycles. The average Bonchev–Trinajstić information content (AvgIpc) is 3.20. The molecule has 6 nitrogen and oxygen atoms in total. The summed E-state index contributed by atoms with van der Waals surface area (Å²) in [7, 11) is 0. The average molecular weight is 341 g/mol. The van der Waals surface area contributed by atoms with E-state index in [1.807, 2.05) is 36.1 Å². The zero-order valence-corrected chi connectivity index (χ0v) is 14.5. The van der Waals surface area contributed by atoms with Gasteiger partial charge in [-0.3, -0.25) is 14.5 Å². The third-order valence-corrected chi connectivity index (χ3v) is 5.64. The van der Waals surface area contributed by atoms with Crippen LogP contribution in [-0.2, 0) is 4.79 Å². The van der Waals surface area contributed by atoms with Gasteiger partial charge in [0, 0.05) is 31.2 Å².